The summed E-state index contributed by atoms with van der Waals surface area (Å²) in [6.07, 6.45) is 1.28. The highest BCUT2D eigenvalue weighted by Crippen LogP contribution is 2.26. The van der Waals surface area contributed by atoms with Crippen LogP contribution < -0.4 is 4.74 Å². The second-order valence-electron chi connectivity index (χ2n) is 6.88. The van der Waals surface area contributed by atoms with Crippen LogP contribution in [0.25, 0.3) is 10.8 Å². The van der Waals surface area contributed by atoms with Crippen molar-refractivity contribution in [2.45, 2.75) is 38.8 Å². The summed E-state index contributed by atoms with van der Waals surface area (Å²) in [6.45, 7) is 3.87. The van der Waals surface area contributed by atoms with Crippen molar-refractivity contribution in [3.05, 3.63) is 42.5 Å². The molecule has 2 atom stereocenters. The van der Waals surface area contributed by atoms with Crippen LogP contribution in [0.2, 0.25) is 0 Å². The lowest BCUT2D eigenvalue weighted by molar-refractivity contribution is -0.137. The van der Waals surface area contributed by atoms with Crippen LogP contribution in [0.1, 0.15) is 26.7 Å². The van der Waals surface area contributed by atoms with Crippen LogP contribution >= 0.6 is 0 Å². The van der Waals surface area contributed by atoms with Gasteiger partial charge in [-0.3, -0.25) is 4.79 Å². The van der Waals surface area contributed by atoms with E-state index in [1.54, 1.807) is 4.90 Å². The van der Waals surface area contributed by atoms with Gasteiger partial charge in [-0.05, 0) is 31.2 Å². The average molecular weight is 375 g/mol. The second kappa shape index (κ2) is 7.66. The largest absolute Gasteiger partial charge is 0.483 e. The van der Waals surface area contributed by atoms with Gasteiger partial charge in [0.05, 0.1) is 11.5 Å². The second-order valence-corrected chi connectivity index (χ2v) is 9.11. The summed E-state index contributed by atoms with van der Waals surface area (Å²) in [6, 6.07) is 13.3. The van der Waals surface area contributed by atoms with Crippen molar-refractivity contribution in [1.82, 2.24) is 4.90 Å². The van der Waals surface area contributed by atoms with Gasteiger partial charge in [0.1, 0.15) is 5.75 Å². The molecular formula is C20H25NO4S. The molecule has 26 heavy (non-hydrogen) atoms. The minimum atomic E-state index is -3.05. The number of amides is 1. The van der Waals surface area contributed by atoms with Gasteiger partial charge in [0, 0.05) is 17.5 Å². The molecule has 0 radical (unpaired) electrons. The number of nitrogens with zero attached hydrogens (tertiary/aromatic N) is 1. The highest BCUT2D eigenvalue weighted by molar-refractivity contribution is 7.91. The molecule has 0 aromatic heterocycles. The molecule has 0 aliphatic carbocycles. The van der Waals surface area contributed by atoms with Gasteiger partial charge in [0.2, 0.25) is 0 Å². The number of rotatable bonds is 6. The van der Waals surface area contributed by atoms with Crippen molar-refractivity contribution in [2.24, 2.45) is 0 Å². The Balaban J connectivity index is 1.75. The Hall–Kier alpha value is -2.08. The first kappa shape index (κ1) is 18.7. The molecule has 1 heterocycles. The maximum absolute atomic E-state index is 12.9. The van der Waals surface area contributed by atoms with Gasteiger partial charge in [0.15, 0.2) is 16.4 Å². The van der Waals surface area contributed by atoms with E-state index in [1.807, 2.05) is 56.3 Å². The molecule has 0 bridgehead atoms. The first-order valence-electron chi connectivity index (χ1n) is 9.03. The van der Waals surface area contributed by atoms with E-state index in [-0.39, 0.29) is 36.1 Å². The quantitative estimate of drug-likeness (QED) is 0.778. The molecule has 2 aromatic rings. The van der Waals surface area contributed by atoms with Gasteiger partial charge in [-0.1, -0.05) is 43.3 Å². The predicted octanol–water partition coefficient (Wildman–Crippen LogP) is 3.03. The molecular weight excluding hydrogens is 350 g/mol. The summed E-state index contributed by atoms with van der Waals surface area (Å²) in [7, 11) is -3.05. The molecule has 140 valence electrons. The fourth-order valence-corrected chi connectivity index (χ4v) is 5.25. The number of benzene rings is 2. The van der Waals surface area contributed by atoms with Crippen molar-refractivity contribution in [3.8, 4) is 5.75 Å². The molecule has 1 aliphatic rings. The molecule has 1 fully saturated rings. The van der Waals surface area contributed by atoms with Gasteiger partial charge in [-0.15, -0.1) is 0 Å². The fraction of sp³-hybridized carbons (Fsp3) is 0.450. The van der Waals surface area contributed by atoms with E-state index >= 15 is 0 Å². The number of ether oxygens (including phenoxy) is 1. The number of carbonyl (C=O) groups is 1. The number of fused-ring (bicyclic) bond motifs is 1. The lowest BCUT2D eigenvalue weighted by atomic mass is 10.1. The van der Waals surface area contributed by atoms with E-state index in [0.29, 0.717) is 12.2 Å². The highest BCUT2D eigenvalue weighted by Gasteiger charge is 2.36. The molecule has 6 heteroatoms. The van der Waals surface area contributed by atoms with Crippen molar-refractivity contribution >= 4 is 26.5 Å². The zero-order valence-corrected chi connectivity index (χ0v) is 16.0. The van der Waals surface area contributed by atoms with E-state index < -0.39 is 9.84 Å². The summed E-state index contributed by atoms with van der Waals surface area (Å²) < 4.78 is 29.5. The molecule has 0 spiro atoms. The minimum Gasteiger partial charge on any atom is -0.483 e. The molecule has 0 N–H and O–H groups in total. The van der Waals surface area contributed by atoms with Crippen LogP contribution in [0.3, 0.4) is 0 Å². The van der Waals surface area contributed by atoms with Crippen LogP contribution in [0.15, 0.2) is 42.5 Å². The number of sulfone groups is 1. The SMILES string of the molecule is CC[C@@H](C)N(C(=O)COc1cccc2ccccc12)[C@@H]1CCS(=O)(=O)C1. The number of carbonyl (C=O) groups excluding carboxylic acids is 1. The zero-order chi connectivity index (χ0) is 18.7. The first-order chi connectivity index (χ1) is 12.4. The van der Waals surface area contributed by atoms with Crippen LogP contribution in [0.5, 0.6) is 5.75 Å². The summed E-state index contributed by atoms with van der Waals surface area (Å²) in [5.74, 6) is 0.716. The van der Waals surface area contributed by atoms with Gasteiger partial charge < -0.3 is 9.64 Å². The van der Waals surface area contributed by atoms with Crippen molar-refractivity contribution in [2.75, 3.05) is 18.1 Å². The van der Waals surface area contributed by atoms with Crippen LogP contribution in [0, 0.1) is 0 Å². The summed E-state index contributed by atoms with van der Waals surface area (Å²) in [4.78, 5) is 14.6. The van der Waals surface area contributed by atoms with Crippen LogP contribution in [-0.4, -0.2) is 49.4 Å². The first-order valence-corrected chi connectivity index (χ1v) is 10.9. The van der Waals surface area contributed by atoms with Crippen molar-refractivity contribution in [3.63, 3.8) is 0 Å². The van der Waals surface area contributed by atoms with Crippen molar-refractivity contribution in [1.29, 1.82) is 0 Å². The zero-order valence-electron chi connectivity index (χ0n) is 15.2. The lowest BCUT2D eigenvalue weighted by Crippen LogP contribution is -2.48. The van der Waals surface area contributed by atoms with E-state index in [2.05, 4.69) is 0 Å². The Morgan fingerprint density at radius 2 is 1.96 bits per heavy atom. The normalized spacial score (nSPS) is 20.0. The van der Waals surface area contributed by atoms with Gasteiger partial charge in [0.25, 0.3) is 5.91 Å². The van der Waals surface area contributed by atoms with Gasteiger partial charge in [-0.2, -0.15) is 0 Å². The Labute approximate surface area is 154 Å². The van der Waals surface area contributed by atoms with E-state index in [9.17, 15) is 13.2 Å². The predicted molar refractivity (Wildman–Crippen MR) is 103 cm³/mol. The van der Waals surface area contributed by atoms with Crippen LogP contribution in [0.4, 0.5) is 0 Å². The fourth-order valence-electron chi connectivity index (χ4n) is 3.54. The number of hydrogen-bond donors (Lipinski definition) is 0. The average Bonchev–Trinajstić information content (AvgIpc) is 2.99. The maximum Gasteiger partial charge on any atom is 0.261 e. The smallest absolute Gasteiger partial charge is 0.261 e. The molecule has 1 saturated heterocycles. The summed E-state index contributed by atoms with van der Waals surface area (Å²) >= 11 is 0. The standard InChI is InChI=1S/C20H25NO4S/c1-3-15(2)21(17-11-12-26(23,24)14-17)20(22)13-25-19-10-6-8-16-7-4-5-9-18(16)19/h4-10,15,17H,3,11-14H2,1-2H3/t15-,17-/m1/s1. The summed E-state index contributed by atoms with van der Waals surface area (Å²) in [5.41, 5.74) is 0. The summed E-state index contributed by atoms with van der Waals surface area (Å²) in [5, 5.41) is 2.01. The van der Waals surface area contributed by atoms with E-state index in [0.717, 1.165) is 17.2 Å². The third kappa shape index (κ3) is 4.01. The molecule has 0 unspecified atom stereocenters. The lowest BCUT2D eigenvalue weighted by Gasteiger charge is -2.33. The van der Waals surface area contributed by atoms with E-state index in [4.69, 9.17) is 4.74 Å². The third-order valence-corrected chi connectivity index (χ3v) is 6.81. The van der Waals surface area contributed by atoms with Crippen molar-refractivity contribution < 1.29 is 17.9 Å². The molecule has 1 amide bonds. The topological polar surface area (TPSA) is 63.7 Å². The Morgan fingerprint density at radius 3 is 2.65 bits per heavy atom. The molecule has 3 rings (SSSR count). The van der Waals surface area contributed by atoms with Gasteiger partial charge in [-0.25, -0.2) is 8.42 Å². The molecule has 2 aromatic carbocycles. The molecule has 0 saturated carbocycles. The number of hydrogen-bond acceptors (Lipinski definition) is 4. The third-order valence-electron chi connectivity index (χ3n) is 5.06. The van der Waals surface area contributed by atoms with Gasteiger partial charge >= 0.3 is 0 Å². The Kier molecular flexibility index (Phi) is 5.51. The van der Waals surface area contributed by atoms with E-state index in [1.165, 1.54) is 0 Å². The minimum absolute atomic E-state index is 0.0167. The maximum atomic E-state index is 12.9. The Bertz CT molecular complexity index is 888. The highest BCUT2D eigenvalue weighted by atomic mass is 32.2. The van der Waals surface area contributed by atoms with Crippen LogP contribution in [-0.2, 0) is 14.6 Å². The molecule has 1 aliphatic heterocycles. The Morgan fingerprint density at radius 1 is 1.23 bits per heavy atom. The molecule has 5 nitrogen and oxygen atoms in total. The monoisotopic (exact) mass is 375 g/mol.